The van der Waals surface area contributed by atoms with Crippen molar-refractivity contribution in [3.05, 3.63) is 28.8 Å². The number of benzene rings is 1. The molecule has 2 unspecified atom stereocenters. The van der Waals surface area contributed by atoms with Crippen LogP contribution in [-0.2, 0) is 6.18 Å². The van der Waals surface area contributed by atoms with E-state index in [2.05, 4.69) is 0 Å². The van der Waals surface area contributed by atoms with Crippen LogP contribution in [0.3, 0.4) is 0 Å². The number of hydrogen-bond acceptors (Lipinski definition) is 2. The minimum Gasteiger partial charge on any atom is -0.371 e. The molecule has 1 heterocycles. The Morgan fingerprint density at radius 2 is 2.05 bits per heavy atom. The van der Waals surface area contributed by atoms with Crippen molar-refractivity contribution >= 4 is 17.3 Å². The number of nitrogens with zero attached hydrogens (tertiary/aromatic N) is 1. The molecule has 2 N–H and O–H groups in total. The molecule has 2 rings (SSSR count). The van der Waals surface area contributed by atoms with Gasteiger partial charge in [0.05, 0.1) is 10.6 Å². The second-order valence-corrected chi connectivity index (χ2v) is 5.44. The summed E-state index contributed by atoms with van der Waals surface area (Å²) in [5.74, 6) is 0.263. The van der Waals surface area contributed by atoms with Crippen LogP contribution in [0.4, 0.5) is 18.9 Å². The topological polar surface area (TPSA) is 29.3 Å². The molecule has 0 aliphatic carbocycles. The van der Waals surface area contributed by atoms with Crippen molar-refractivity contribution in [2.24, 2.45) is 11.7 Å². The first-order chi connectivity index (χ1) is 8.79. The zero-order valence-corrected chi connectivity index (χ0v) is 11.3. The maximum atomic E-state index is 12.8. The summed E-state index contributed by atoms with van der Waals surface area (Å²) in [6.07, 6.45) is -3.64. The van der Waals surface area contributed by atoms with Crippen molar-refractivity contribution in [3.63, 3.8) is 0 Å². The summed E-state index contributed by atoms with van der Waals surface area (Å²) in [6.45, 7) is 3.35. The highest BCUT2D eigenvalue weighted by molar-refractivity contribution is 6.31. The van der Waals surface area contributed by atoms with Gasteiger partial charge in [-0.25, -0.2) is 0 Å². The summed E-state index contributed by atoms with van der Waals surface area (Å²) >= 11 is 5.61. The van der Waals surface area contributed by atoms with Crippen molar-refractivity contribution in [2.45, 2.75) is 25.6 Å². The largest absolute Gasteiger partial charge is 0.417 e. The first-order valence-corrected chi connectivity index (χ1v) is 6.54. The van der Waals surface area contributed by atoms with Crippen LogP contribution in [0.15, 0.2) is 18.2 Å². The quantitative estimate of drug-likeness (QED) is 0.858. The van der Waals surface area contributed by atoms with Crippen molar-refractivity contribution in [1.82, 2.24) is 0 Å². The molecule has 1 fully saturated rings. The summed E-state index contributed by atoms with van der Waals surface area (Å²) in [7, 11) is 0. The van der Waals surface area contributed by atoms with E-state index < -0.39 is 11.7 Å². The van der Waals surface area contributed by atoms with Crippen LogP contribution in [0.1, 0.15) is 18.9 Å². The van der Waals surface area contributed by atoms with Crippen molar-refractivity contribution < 1.29 is 13.2 Å². The minimum atomic E-state index is -4.43. The Labute approximate surface area is 115 Å². The van der Waals surface area contributed by atoms with Crippen LogP contribution in [0.25, 0.3) is 0 Å². The molecule has 1 aliphatic heterocycles. The molecule has 2 atom stereocenters. The van der Waals surface area contributed by atoms with E-state index in [1.54, 1.807) is 6.07 Å². The van der Waals surface area contributed by atoms with Gasteiger partial charge in [0.1, 0.15) is 0 Å². The second kappa shape index (κ2) is 5.21. The number of halogens is 4. The molecule has 106 valence electrons. The predicted octanol–water partition coefficient (Wildman–Crippen LogP) is 3.53. The van der Waals surface area contributed by atoms with Gasteiger partial charge in [0, 0.05) is 24.8 Å². The molecule has 6 heteroatoms. The molecule has 1 aromatic carbocycles. The Morgan fingerprint density at radius 3 is 2.63 bits per heavy atom. The third kappa shape index (κ3) is 3.15. The standard InChI is InChI=1S/C13H16ClF3N2/c1-8-7-19(5-4-12(8)18)9-2-3-11(14)10(6-9)13(15,16)17/h2-3,6,8,12H,4-5,7,18H2,1H3. The zero-order chi connectivity index (χ0) is 14.2. The van der Waals surface area contributed by atoms with Gasteiger partial charge in [-0.05, 0) is 30.5 Å². The van der Waals surface area contributed by atoms with Gasteiger partial charge in [-0.2, -0.15) is 13.2 Å². The molecule has 0 saturated carbocycles. The van der Waals surface area contributed by atoms with E-state index in [9.17, 15) is 13.2 Å². The lowest BCUT2D eigenvalue weighted by molar-refractivity contribution is -0.137. The maximum absolute atomic E-state index is 12.8. The molecule has 0 spiro atoms. The van der Waals surface area contributed by atoms with Crippen LogP contribution in [0, 0.1) is 5.92 Å². The fourth-order valence-corrected chi connectivity index (χ4v) is 2.55. The van der Waals surface area contributed by atoms with Gasteiger partial charge in [0.2, 0.25) is 0 Å². The molecule has 0 bridgehead atoms. The number of rotatable bonds is 1. The van der Waals surface area contributed by atoms with Gasteiger partial charge in [-0.1, -0.05) is 18.5 Å². The first kappa shape index (κ1) is 14.5. The summed E-state index contributed by atoms with van der Waals surface area (Å²) in [4.78, 5) is 1.93. The normalized spacial score (nSPS) is 24.6. The molecule has 2 nitrogen and oxygen atoms in total. The fourth-order valence-electron chi connectivity index (χ4n) is 2.33. The maximum Gasteiger partial charge on any atom is 0.417 e. The SMILES string of the molecule is CC1CN(c2ccc(Cl)c(C(F)(F)F)c2)CCC1N. The Balaban J connectivity index is 2.27. The van der Waals surface area contributed by atoms with Crippen molar-refractivity contribution in [1.29, 1.82) is 0 Å². The van der Waals surface area contributed by atoms with Crippen LogP contribution in [0.5, 0.6) is 0 Å². The highest BCUT2D eigenvalue weighted by Crippen LogP contribution is 2.37. The van der Waals surface area contributed by atoms with Gasteiger partial charge in [0.25, 0.3) is 0 Å². The van der Waals surface area contributed by atoms with Gasteiger partial charge < -0.3 is 10.6 Å². The monoisotopic (exact) mass is 292 g/mol. The number of hydrogen-bond donors (Lipinski definition) is 1. The summed E-state index contributed by atoms with van der Waals surface area (Å²) < 4.78 is 38.4. The Kier molecular flexibility index (Phi) is 3.97. The first-order valence-electron chi connectivity index (χ1n) is 6.16. The van der Waals surface area contributed by atoms with Crippen molar-refractivity contribution in [3.8, 4) is 0 Å². The predicted molar refractivity (Wildman–Crippen MR) is 70.4 cm³/mol. The third-order valence-corrected chi connectivity index (χ3v) is 3.92. The van der Waals surface area contributed by atoms with E-state index in [0.717, 1.165) is 12.5 Å². The van der Waals surface area contributed by atoms with Gasteiger partial charge in [-0.15, -0.1) is 0 Å². The van der Waals surface area contributed by atoms with E-state index in [4.69, 9.17) is 17.3 Å². The second-order valence-electron chi connectivity index (χ2n) is 5.04. The zero-order valence-electron chi connectivity index (χ0n) is 10.5. The molecule has 1 aliphatic rings. The van der Waals surface area contributed by atoms with Gasteiger partial charge in [-0.3, -0.25) is 0 Å². The van der Waals surface area contributed by atoms with E-state index in [0.29, 0.717) is 18.8 Å². The highest BCUT2D eigenvalue weighted by atomic mass is 35.5. The third-order valence-electron chi connectivity index (χ3n) is 3.59. The van der Waals surface area contributed by atoms with Crippen LogP contribution in [0.2, 0.25) is 5.02 Å². The average molecular weight is 293 g/mol. The van der Waals surface area contributed by atoms with E-state index in [1.165, 1.54) is 6.07 Å². The van der Waals surface area contributed by atoms with E-state index in [-0.39, 0.29) is 17.0 Å². The Morgan fingerprint density at radius 1 is 1.37 bits per heavy atom. The summed E-state index contributed by atoms with van der Waals surface area (Å²) in [5, 5.41) is -0.266. The molecular weight excluding hydrogens is 277 g/mol. The molecule has 0 aromatic heterocycles. The number of nitrogens with two attached hydrogens (primary N) is 1. The average Bonchev–Trinajstić information content (AvgIpc) is 2.32. The lowest BCUT2D eigenvalue weighted by Gasteiger charge is -2.36. The smallest absolute Gasteiger partial charge is 0.371 e. The van der Waals surface area contributed by atoms with E-state index >= 15 is 0 Å². The lowest BCUT2D eigenvalue weighted by atomic mass is 9.94. The highest BCUT2D eigenvalue weighted by Gasteiger charge is 2.34. The molecule has 19 heavy (non-hydrogen) atoms. The van der Waals surface area contributed by atoms with Crippen LogP contribution < -0.4 is 10.6 Å². The van der Waals surface area contributed by atoms with E-state index in [1.807, 2.05) is 11.8 Å². The molecule has 0 amide bonds. The Bertz CT molecular complexity index is 462. The van der Waals surface area contributed by atoms with Crippen LogP contribution >= 0.6 is 11.6 Å². The molecular formula is C13H16ClF3N2. The van der Waals surface area contributed by atoms with Crippen molar-refractivity contribution in [2.75, 3.05) is 18.0 Å². The lowest BCUT2D eigenvalue weighted by Crippen LogP contribution is -2.46. The molecule has 1 aromatic rings. The molecule has 1 saturated heterocycles. The van der Waals surface area contributed by atoms with Crippen LogP contribution in [-0.4, -0.2) is 19.1 Å². The number of anilines is 1. The summed E-state index contributed by atoms with van der Waals surface area (Å²) in [5.41, 5.74) is 5.68. The van der Waals surface area contributed by atoms with Gasteiger partial charge >= 0.3 is 6.18 Å². The molecule has 0 radical (unpaired) electrons. The minimum absolute atomic E-state index is 0.116. The fraction of sp³-hybridized carbons (Fsp3) is 0.538. The number of piperidine rings is 1. The number of alkyl halides is 3. The van der Waals surface area contributed by atoms with Gasteiger partial charge in [0.15, 0.2) is 0 Å². The summed E-state index contributed by atoms with van der Waals surface area (Å²) in [6, 6.07) is 4.16. The Hall–Kier alpha value is -0.940.